The Kier molecular flexibility index (Phi) is 7.14. The molecule has 0 radical (unpaired) electrons. The number of nitrogens with one attached hydrogen (secondary N) is 1. The fourth-order valence-electron chi connectivity index (χ4n) is 4.62. The molecule has 0 spiro atoms. The van der Waals surface area contributed by atoms with Crippen molar-refractivity contribution in [1.29, 1.82) is 0 Å². The Morgan fingerprint density at radius 2 is 1.88 bits per heavy atom. The number of rotatable bonds is 7. The highest BCUT2D eigenvalue weighted by atomic mass is 32.2. The number of carbonyl (C=O) groups is 2. The molecule has 1 unspecified atom stereocenters. The Morgan fingerprint density at radius 3 is 2.64 bits per heavy atom. The summed E-state index contributed by atoms with van der Waals surface area (Å²) in [5.41, 5.74) is 2.54. The fourth-order valence-corrected chi connectivity index (χ4v) is 6.38. The Morgan fingerprint density at radius 1 is 1.09 bits per heavy atom. The summed E-state index contributed by atoms with van der Waals surface area (Å²) in [6.07, 6.45) is 4.23. The van der Waals surface area contributed by atoms with Gasteiger partial charge in [0.1, 0.15) is 6.54 Å². The third kappa shape index (κ3) is 5.28. The van der Waals surface area contributed by atoms with Crippen LogP contribution in [0.1, 0.15) is 43.7 Å². The van der Waals surface area contributed by atoms with Crippen LogP contribution in [0.3, 0.4) is 0 Å². The number of carbonyl (C=O) groups excluding carboxylic acids is 2. The second-order valence-corrected chi connectivity index (χ2v) is 10.7. The van der Waals surface area contributed by atoms with E-state index in [1.165, 1.54) is 4.90 Å². The molecule has 33 heavy (non-hydrogen) atoms. The highest BCUT2D eigenvalue weighted by Crippen LogP contribution is 2.32. The molecule has 2 aromatic rings. The largest absolute Gasteiger partial charge is 0.354 e. The summed E-state index contributed by atoms with van der Waals surface area (Å²) < 4.78 is 28.0. The monoisotopic (exact) mass is 469 g/mol. The number of anilines is 1. The smallest absolute Gasteiger partial charge is 0.243 e. The molecule has 8 heteroatoms. The van der Waals surface area contributed by atoms with Crippen molar-refractivity contribution in [1.82, 2.24) is 9.62 Å². The molecule has 7 nitrogen and oxygen atoms in total. The van der Waals surface area contributed by atoms with E-state index in [0.29, 0.717) is 31.6 Å². The van der Waals surface area contributed by atoms with Gasteiger partial charge in [0, 0.05) is 31.2 Å². The van der Waals surface area contributed by atoms with Crippen LogP contribution in [0.15, 0.2) is 53.4 Å². The summed E-state index contributed by atoms with van der Waals surface area (Å²) in [6, 6.07) is 14.8. The molecule has 0 saturated carbocycles. The lowest BCUT2D eigenvalue weighted by atomic mass is 10.0. The summed E-state index contributed by atoms with van der Waals surface area (Å²) in [4.78, 5) is 26.8. The summed E-state index contributed by atoms with van der Waals surface area (Å²) in [6.45, 7) is 2.90. The lowest BCUT2D eigenvalue weighted by Gasteiger charge is -2.33. The maximum absolute atomic E-state index is 13.2. The molecule has 0 aromatic heterocycles. The van der Waals surface area contributed by atoms with E-state index in [9.17, 15) is 18.0 Å². The standard InChI is InChI=1S/C25H31N3O4S/c1-19-7-5-6-16-28(19)33(31,32)22-11-12-23-21(17-22)10-13-25(30)27(23)18-24(29)26-15-14-20-8-3-2-4-9-20/h2-4,8-9,11-12,17,19H,5-7,10,13-16,18H2,1H3,(H,26,29). The van der Waals surface area contributed by atoms with Gasteiger partial charge in [0.05, 0.1) is 4.90 Å². The number of fused-ring (bicyclic) bond motifs is 1. The van der Waals surface area contributed by atoms with E-state index in [1.807, 2.05) is 37.3 Å². The average molecular weight is 470 g/mol. The van der Waals surface area contributed by atoms with Gasteiger partial charge in [-0.25, -0.2) is 8.42 Å². The third-order valence-corrected chi connectivity index (χ3v) is 8.49. The first-order valence-electron chi connectivity index (χ1n) is 11.6. The lowest BCUT2D eigenvalue weighted by molar-refractivity contribution is -0.124. The normalized spacial score (nSPS) is 19.2. The van der Waals surface area contributed by atoms with E-state index in [4.69, 9.17) is 0 Å². The quantitative estimate of drug-likeness (QED) is 0.676. The number of piperidine rings is 1. The molecule has 1 N–H and O–H groups in total. The maximum Gasteiger partial charge on any atom is 0.243 e. The zero-order valence-electron chi connectivity index (χ0n) is 19.0. The van der Waals surface area contributed by atoms with Gasteiger partial charge in [0.25, 0.3) is 0 Å². The van der Waals surface area contributed by atoms with Crippen LogP contribution in [-0.4, -0.2) is 50.2 Å². The molecule has 2 aliphatic heterocycles. The number of aryl methyl sites for hydroxylation is 1. The molecule has 2 aromatic carbocycles. The van der Waals surface area contributed by atoms with E-state index in [0.717, 1.165) is 30.4 Å². The molecule has 176 valence electrons. The SMILES string of the molecule is CC1CCCCN1S(=O)(=O)c1ccc2c(c1)CCC(=O)N2CC(=O)NCCc1ccccc1. The molecule has 2 amide bonds. The summed E-state index contributed by atoms with van der Waals surface area (Å²) in [5.74, 6) is -0.355. The van der Waals surface area contributed by atoms with E-state index < -0.39 is 10.0 Å². The van der Waals surface area contributed by atoms with Gasteiger partial charge >= 0.3 is 0 Å². The number of sulfonamides is 1. The summed E-state index contributed by atoms with van der Waals surface area (Å²) >= 11 is 0. The van der Waals surface area contributed by atoms with Gasteiger partial charge in [-0.1, -0.05) is 36.8 Å². The minimum atomic E-state index is -3.59. The summed E-state index contributed by atoms with van der Waals surface area (Å²) in [7, 11) is -3.59. The van der Waals surface area contributed by atoms with Crippen molar-refractivity contribution in [3.05, 3.63) is 59.7 Å². The molecule has 0 aliphatic carbocycles. The fraction of sp³-hybridized carbons (Fsp3) is 0.440. The minimum absolute atomic E-state index is 0.0163. The van der Waals surface area contributed by atoms with Crippen molar-refractivity contribution in [2.24, 2.45) is 0 Å². The number of hydrogen-bond donors (Lipinski definition) is 1. The first-order chi connectivity index (χ1) is 15.9. The predicted octanol–water partition coefficient (Wildman–Crippen LogP) is 2.89. The molecular weight excluding hydrogens is 438 g/mol. The lowest BCUT2D eigenvalue weighted by Crippen LogP contribution is -2.44. The van der Waals surface area contributed by atoms with Crippen LogP contribution in [0.25, 0.3) is 0 Å². The van der Waals surface area contributed by atoms with Gasteiger partial charge in [-0.05, 0) is 61.9 Å². The van der Waals surface area contributed by atoms with Crippen LogP contribution in [0.4, 0.5) is 5.69 Å². The molecule has 0 bridgehead atoms. The number of benzene rings is 2. The predicted molar refractivity (Wildman–Crippen MR) is 127 cm³/mol. The van der Waals surface area contributed by atoms with Crippen molar-refractivity contribution >= 4 is 27.5 Å². The van der Waals surface area contributed by atoms with Gasteiger partial charge in [0.2, 0.25) is 21.8 Å². The maximum atomic E-state index is 13.2. The molecule has 2 aliphatic rings. The number of hydrogen-bond acceptors (Lipinski definition) is 4. The van der Waals surface area contributed by atoms with Gasteiger partial charge in [-0.2, -0.15) is 4.31 Å². The Bertz CT molecular complexity index is 1120. The van der Waals surface area contributed by atoms with Gasteiger partial charge < -0.3 is 10.2 Å². The number of amides is 2. The second kappa shape index (κ2) is 10.1. The van der Waals surface area contributed by atoms with E-state index in [1.54, 1.807) is 22.5 Å². The molecule has 4 rings (SSSR count). The van der Waals surface area contributed by atoms with Crippen LogP contribution in [-0.2, 0) is 32.5 Å². The van der Waals surface area contributed by atoms with Crippen molar-refractivity contribution in [2.75, 3.05) is 24.5 Å². The number of nitrogens with zero attached hydrogens (tertiary/aromatic N) is 2. The van der Waals surface area contributed by atoms with Crippen molar-refractivity contribution < 1.29 is 18.0 Å². The molecule has 1 fully saturated rings. The van der Waals surface area contributed by atoms with Gasteiger partial charge in [0.15, 0.2) is 0 Å². The first kappa shape index (κ1) is 23.4. The van der Waals surface area contributed by atoms with Crippen molar-refractivity contribution in [3.63, 3.8) is 0 Å². The third-order valence-electron chi connectivity index (χ3n) is 6.48. The molecule has 2 heterocycles. The highest BCUT2D eigenvalue weighted by molar-refractivity contribution is 7.89. The van der Waals surface area contributed by atoms with Gasteiger partial charge in [-0.15, -0.1) is 0 Å². The van der Waals surface area contributed by atoms with Crippen LogP contribution in [0, 0.1) is 0 Å². The second-order valence-electron chi connectivity index (χ2n) is 8.82. The van der Waals surface area contributed by atoms with E-state index in [2.05, 4.69) is 5.32 Å². The van der Waals surface area contributed by atoms with Gasteiger partial charge in [-0.3, -0.25) is 9.59 Å². The molecule has 1 saturated heterocycles. The minimum Gasteiger partial charge on any atom is -0.354 e. The van der Waals surface area contributed by atoms with Crippen molar-refractivity contribution in [3.8, 4) is 0 Å². The Hall–Kier alpha value is -2.71. The zero-order valence-corrected chi connectivity index (χ0v) is 19.8. The zero-order chi connectivity index (χ0) is 23.4. The van der Waals surface area contributed by atoms with Crippen molar-refractivity contribution in [2.45, 2.75) is 56.4 Å². The highest BCUT2D eigenvalue weighted by Gasteiger charge is 2.33. The van der Waals surface area contributed by atoms with Crippen LogP contribution < -0.4 is 10.2 Å². The van der Waals surface area contributed by atoms with Crippen LogP contribution >= 0.6 is 0 Å². The topological polar surface area (TPSA) is 86.8 Å². The van der Waals surface area contributed by atoms with E-state index in [-0.39, 0.29) is 35.7 Å². The van der Waals surface area contributed by atoms with Crippen LogP contribution in [0.2, 0.25) is 0 Å². The summed E-state index contributed by atoms with van der Waals surface area (Å²) in [5, 5.41) is 2.88. The van der Waals surface area contributed by atoms with Crippen LogP contribution in [0.5, 0.6) is 0 Å². The molecule has 1 atom stereocenters. The Balaban J connectivity index is 1.45. The molecular formula is C25H31N3O4S. The Labute approximate surface area is 195 Å². The average Bonchev–Trinajstić information content (AvgIpc) is 2.81. The van der Waals surface area contributed by atoms with E-state index >= 15 is 0 Å². The first-order valence-corrected chi connectivity index (χ1v) is 13.1.